The third-order valence-corrected chi connectivity index (χ3v) is 4.61. The van der Waals surface area contributed by atoms with Gasteiger partial charge in [0.05, 0.1) is 0 Å². The molecule has 1 fully saturated rings. The highest BCUT2D eigenvalue weighted by molar-refractivity contribution is 6.30. The first-order valence-electron chi connectivity index (χ1n) is 8.67. The SMILES string of the molecule is CC(C)CC(CNC(=O)Nc1cccc(Cl)c1)N1CCN(C)CC1. The molecular weight excluding hydrogens is 324 g/mol. The first kappa shape index (κ1) is 19.0. The van der Waals surface area contributed by atoms with E-state index in [0.717, 1.165) is 32.6 Å². The monoisotopic (exact) mass is 352 g/mol. The smallest absolute Gasteiger partial charge is 0.319 e. The molecule has 1 saturated heterocycles. The van der Waals surface area contributed by atoms with Crippen molar-refractivity contribution in [2.24, 2.45) is 5.92 Å². The molecule has 1 atom stereocenters. The van der Waals surface area contributed by atoms with E-state index in [1.54, 1.807) is 12.1 Å². The summed E-state index contributed by atoms with van der Waals surface area (Å²) in [5, 5.41) is 6.47. The second kappa shape index (κ2) is 9.25. The third kappa shape index (κ3) is 6.30. The molecule has 2 rings (SSSR count). The summed E-state index contributed by atoms with van der Waals surface area (Å²) in [5.74, 6) is 0.604. The van der Waals surface area contributed by atoms with Crippen LogP contribution in [0.2, 0.25) is 5.02 Å². The molecule has 1 unspecified atom stereocenters. The fourth-order valence-electron chi connectivity index (χ4n) is 3.04. The summed E-state index contributed by atoms with van der Waals surface area (Å²) in [7, 11) is 2.16. The number of hydrogen-bond donors (Lipinski definition) is 2. The number of carbonyl (C=O) groups excluding carboxylic acids is 1. The first-order valence-corrected chi connectivity index (χ1v) is 9.05. The third-order valence-electron chi connectivity index (χ3n) is 4.38. The van der Waals surface area contributed by atoms with E-state index in [4.69, 9.17) is 11.6 Å². The van der Waals surface area contributed by atoms with Gasteiger partial charge in [-0.2, -0.15) is 0 Å². The minimum Gasteiger partial charge on any atom is -0.336 e. The van der Waals surface area contributed by atoms with Gasteiger partial charge < -0.3 is 15.5 Å². The number of halogens is 1. The van der Waals surface area contributed by atoms with Crippen LogP contribution in [0.4, 0.5) is 10.5 Å². The Balaban J connectivity index is 1.86. The maximum absolute atomic E-state index is 12.2. The number of nitrogens with zero attached hydrogens (tertiary/aromatic N) is 2. The van der Waals surface area contributed by atoms with Crippen molar-refractivity contribution in [2.75, 3.05) is 45.1 Å². The maximum atomic E-state index is 12.2. The lowest BCUT2D eigenvalue weighted by molar-refractivity contribution is 0.100. The lowest BCUT2D eigenvalue weighted by Gasteiger charge is -2.38. The van der Waals surface area contributed by atoms with E-state index in [1.165, 1.54) is 0 Å². The Kier molecular flexibility index (Phi) is 7.34. The molecule has 0 bridgehead atoms. The Morgan fingerprint density at radius 1 is 1.25 bits per heavy atom. The summed E-state index contributed by atoms with van der Waals surface area (Å²) in [6, 6.07) is 7.38. The van der Waals surface area contributed by atoms with Gasteiger partial charge in [0, 0.05) is 49.5 Å². The minimum atomic E-state index is -0.180. The van der Waals surface area contributed by atoms with Crippen molar-refractivity contribution in [3.63, 3.8) is 0 Å². The van der Waals surface area contributed by atoms with Crippen LogP contribution in [0.5, 0.6) is 0 Å². The molecule has 1 aromatic rings. The molecule has 0 aliphatic carbocycles. The number of nitrogens with one attached hydrogen (secondary N) is 2. The van der Waals surface area contributed by atoms with E-state index >= 15 is 0 Å². The summed E-state index contributed by atoms with van der Waals surface area (Å²) in [5.41, 5.74) is 0.708. The molecule has 1 aliphatic heterocycles. The zero-order valence-electron chi connectivity index (χ0n) is 14.9. The van der Waals surface area contributed by atoms with Crippen molar-refractivity contribution >= 4 is 23.3 Å². The number of benzene rings is 1. The van der Waals surface area contributed by atoms with Crippen LogP contribution in [0.1, 0.15) is 20.3 Å². The van der Waals surface area contributed by atoms with Crippen molar-refractivity contribution in [1.29, 1.82) is 0 Å². The molecule has 0 spiro atoms. The Hall–Kier alpha value is -1.30. The van der Waals surface area contributed by atoms with Crippen molar-refractivity contribution in [1.82, 2.24) is 15.1 Å². The van der Waals surface area contributed by atoms with Crippen molar-refractivity contribution in [3.8, 4) is 0 Å². The second-order valence-electron chi connectivity index (χ2n) is 6.97. The molecule has 0 saturated carbocycles. The van der Waals surface area contributed by atoms with Gasteiger partial charge >= 0.3 is 6.03 Å². The van der Waals surface area contributed by atoms with Crippen LogP contribution >= 0.6 is 11.6 Å². The number of hydrogen-bond acceptors (Lipinski definition) is 3. The average molecular weight is 353 g/mol. The van der Waals surface area contributed by atoms with Crippen LogP contribution in [-0.4, -0.2) is 61.6 Å². The van der Waals surface area contributed by atoms with E-state index in [9.17, 15) is 4.79 Å². The zero-order chi connectivity index (χ0) is 17.5. The fourth-order valence-corrected chi connectivity index (χ4v) is 3.24. The van der Waals surface area contributed by atoms with Crippen molar-refractivity contribution < 1.29 is 4.79 Å². The van der Waals surface area contributed by atoms with Crippen molar-refractivity contribution in [3.05, 3.63) is 29.3 Å². The summed E-state index contributed by atoms with van der Waals surface area (Å²) < 4.78 is 0. The van der Waals surface area contributed by atoms with Gasteiger partial charge in [-0.1, -0.05) is 31.5 Å². The summed E-state index contributed by atoms with van der Waals surface area (Å²) >= 11 is 5.94. The molecule has 1 aliphatic rings. The van der Waals surface area contributed by atoms with Gasteiger partial charge in [-0.3, -0.25) is 4.90 Å². The number of urea groups is 1. The van der Waals surface area contributed by atoms with Crippen molar-refractivity contribution in [2.45, 2.75) is 26.3 Å². The van der Waals surface area contributed by atoms with E-state index < -0.39 is 0 Å². The minimum absolute atomic E-state index is 0.180. The van der Waals surface area contributed by atoms with Gasteiger partial charge in [-0.15, -0.1) is 0 Å². The van der Waals surface area contributed by atoms with Crippen LogP contribution in [0.15, 0.2) is 24.3 Å². The molecule has 0 aromatic heterocycles. The Labute approximate surface area is 150 Å². The topological polar surface area (TPSA) is 47.6 Å². The van der Waals surface area contributed by atoms with E-state index in [0.29, 0.717) is 29.2 Å². The van der Waals surface area contributed by atoms with Gasteiger partial charge in [-0.05, 0) is 37.6 Å². The fraction of sp³-hybridized carbons (Fsp3) is 0.611. The lowest BCUT2D eigenvalue weighted by atomic mass is 10.0. The summed E-state index contributed by atoms with van der Waals surface area (Å²) in [6.45, 7) is 9.42. The van der Waals surface area contributed by atoms with Crippen LogP contribution < -0.4 is 10.6 Å². The number of piperazine rings is 1. The van der Waals surface area contributed by atoms with Crippen LogP contribution in [0.25, 0.3) is 0 Å². The molecule has 5 nitrogen and oxygen atoms in total. The summed E-state index contributed by atoms with van der Waals surface area (Å²) in [4.78, 5) is 17.0. The molecule has 1 heterocycles. The molecule has 134 valence electrons. The molecule has 24 heavy (non-hydrogen) atoms. The molecular formula is C18H29ClN4O. The average Bonchev–Trinajstić information content (AvgIpc) is 2.52. The first-order chi connectivity index (χ1) is 11.4. The van der Waals surface area contributed by atoms with E-state index in [1.807, 2.05) is 12.1 Å². The highest BCUT2D eigenvalue weighted by Gasteiger charge is 2.23. The normalized spacial score (nSPS) is 17.7. The van der Waals surface area contributed by atoms with Gasteiger partial charge in [0.25, 0.3) is 0 Å². The van der Waals surface area contributed by atoms with E-state index in [2.05, 4.69) is 41.3 Å². The Bertz CT molecular complexity index is 530. The lowest BCUT2D eigenvalue weighted by Crippen LogP contribution is -2.53. The number of amides is 2. The van der Waals surface area contributed by atoms with E-state index in [-0.39, 0.29) is 6.03 Å². The molecule has 1 aromatic carbocycles. The zero-order valence-corrected chi connectivity index (χ0v) is 15.6. The maximum Gasteiger partial charge on any atom is 0.319 e. The van der Waals surface area contributed by atoms with Crippen LogP contribution in [0, 0.1) is 5.92 Å². The second-order valence-corrected chi connectivity index (χ2v) is 7.40. The summed E-state index contributed by atoms with van der Waals surface area (Å²) in [6.07, 6.45) is 1.08. The predicted octanol–water partition coefficient (Wildman–Crippen LogP) is 3.12. The molecule has 0 radical (unpaired) electrons. The van der Waals surface area contributed by atoms with Gasteiger partial charge in [0.15, 0.2) is 0 Å². The number of likely N-dealkylation sites (N-methyl/N-ethyl adjacent to an activating group) is 1. The Morgan fingerprint density at radius 3 is 2.58 bits per heavy atom. The van der Waals surface area contributed by atoms with Gasteiger partial charge in [0.1, 0.15) is 0 Å². The molecule has 2 amide bonds. The standard InChI is InChI=1S/C18H29ClN4O/c1-14(2)11-17(23-9-7-22(3)8-10-23)13-20-18(24)21-16-6-4-5-15(19)12-16/h4-6,12,14,17H,7-11,13H2,1-3H3,(H2,20,21,24). The Morgan fingerprint density at radius 2 is 1.96 bits per heavy atom. The number of anilines is 1. The number of carbonyl (C=O) groups is 1. The van der Waals surface area contributed by atoms with Gasteiger partial charge in [-0.25, -0.2) is 4.79 Å². The van der Waals surface area contributed by atoms with Crippen LogP contribution in [-0.2, 0) is 0 Å². The highest BCUT2D eigenvalue weighted by Crippen LogP contribution is 2.15. The molecule has 6 heteroatoms. The van der Waals surface area contributed by atoms with Crippen LogP contribution in [0.3, 0.4) is 0 Å². The number of rotatable bonds is 6. The highest BCUT2D eigenvalue weighted by atomic mass is 35.5. The largest absolute Gasteiger partial charge is 0.336 e. The van der Waals surface area contributed by atoms with Gasteiger partial charge in [0.2, 0.25) is 0 Å². The molecule has 2 N–H and O–H groups in total. The quantitative estimate of drug-likeness (QED) is 0.827. The predicted molar refractivity (Wildman–Crippen MR) is 101 cm³/mol.